The van der Waals surface area contributed by atoms with Gasteiger partial charge >= 0.3 is 5.97 Å². The lowest BCUT2D eigenvalue weighted by atomic mass is 10.2. The molecule has 0 fully saturated rings. The molecule has 13 heavy (non-hydrogen) atoms. The van der Waals surface area contributed by atoms with Crippen LogP contribution in [0.1, 0.15) is 19.8 Å². The van der Waals surface area contributed by atoms with Gasteiger partial charge in [-0.1, -0.05) is 15.9 Å². The van der Waals surface area contributed by atoms with E-state index < -0.39 is 18.2 Å². The van der Waals surface area contributed by atoms with Crippen molar-refractivity contribution in [3.63, 3.8) is 0 Å². The van der Waals surface area contributed by atoms with E-state index in [1.165, 1.54) is 6.92 Å². The Morgan fingerprint density at radius 3 is 2.54 bits per heavy atom. The molecule has 0 aromatic rings. The summed E-state index contributed by atoms with van der Waals surface area (Å²) in [5, 5.41) is 18.2. The molecule has 4 nitrogen and oxygen atoms in total. The summed E-state index contributed by atoms with van der Waals surface area (Å²) in [5.41, 5.74) is 0. The third-order valence-corrected chi connectivity index (χ3v) is 2.15. The van der Waals surface area contributed by atoms with Gasteiger partial charge in [-0.3, -0.25) is 4.79 Å². The topological polar surface area (TPSA) is 66.8 Å². The van der Waals surface area contributed by atoms with Crippen molar-refractivity contribution in [3.05, 3.63) is 0 Å². The molecule has 0 rings (SSSR count). The van der Waals surface area contributed by atoms with Crippen LogP contribution in [0.2, 0.25) is 0 Å². The van der Waals surface area contributed by atoms with Gasteiger partial charge in [-0.25, -0.2) is 0 Å². The number of halogens is 1. The Labute approximate surface area is 86.0 Å². The Kier molecular flexibility index (Phi) is 7.22. The Morgan fingerprint density at radius 2 is 2.08 bits per heavy atom. The van der Waals surface area contributed by atoms with Gasteiger partial charge in [0.15, 0.2) is 6.29 Å². The molecule has 1 atom stereocenters. The van der Waals surface area contributed by atoms with Gasteiger partial charge in [-0.05, 0) is 19.8 Å². The summed E-state index contributed by atoms with van der Waals surface area (Å²) in [6.07, 6.45) is 0.0814. The lowest BCUT2D eigenvalue weighted by molar-refractivity contribution is -0.163. The number of hydrogen-bond donors (Lipinski definition) is 2. The van der Waals surface area contributed by atoms with Gasteiger partial charge in [0.1, 0.15) is 5.92 Å². The maximum absolute atomic E-state index is 11.0. The molecule has 1 unspecified atom stereocenters. The zero-order valence-electron chi connectivity index (χ0n) is 7.57. The fraction of sp³-hybridized carbons (Fsp3) is 0.875. The third kappa shape index (κ3) is 6.01. The predicted octanol–water partition coefficient (Wildman–Crippen LogP) is 0.651. The third-order valence-electron chi connectivity index (χ3n) is 1.59. The van der Waals surface area contributed by atoms with Gasteiger partial charge in [0, 0.05) is 5.33 Å². The highest BCUT2D eigenvalue weighted by Gasteiger charge is 2.20. The summed E-state index contributed by atoms with van der Waals surface area (Å²) in [4.78, 5) is 11.0. The first kappa shape index (κ1) is 12.9. The Morgan fingerprint density at radius 1 is 1.46 bits per heavy atom. The standard InChI is InChI=1S/C8H15BrO4/c1-6(7(10)11)8(12)13-5-3-2-4-9/h6-7,10-11H,2-5H2,1H3. The van der Waals surface area contributed by atoms with Crippen LogP contribution in [0.25, 0.3) is 0 Å². The fourth-order valence-electron chi connectivity index (χ4n) is 0.622. The summed E-state index contributed by atoms with van der Waals surface area (Å²) in [6.45, 7) is 1.75. The lowest BCUT2D eigenvalue weighted by Gasteiger charge is -2.12. The van der Waals surface area contributed by atoms with Crippen LogP contribution in [0.5, 0.6) is 0 Å². The molecular weight excluding hydrogens is 240 g/mol. The SMILES string of the molecule is CC(C(=O)OCCCCBr)C(O)O. The quantitative estimate of drug-likeness (QED) is 0.316. The highest BCUT2D eigenvalue weighted by atomic mass is 79.9. The van der Waals surface area contributed by atoms with E-state index in [9.17, 15) is 4.79 Å². The molecular formula is C8H15BrO4. The number of ether oxygens (including phenoxy) is 1. The van der Waals surface area contributed by atoms with Crippen molar-refractivity contribution in [2.75, 3.05) is 11.9 Å². The largest absolute Gasteiger partial charge is 0.465 e. The molecule has 0 saturated heterocycles. The van der Waals surface area contributed by atoms with Gasteiger partial charge in [0.2, 0.25) is 0 Å². The zero-order valence-corrected chi connectivity index (χ0v) is 9.16. The van der Waals surface area contributed by atoms with Crippen molar-refractivity contribution in [2.45, 2.75) is 26.1 Å². The fourth-order valence-corrected chi connectivity index (χ4v) is 1.02. The number of carbonyl (C=O) groups is 1. The number of alkyl halides is 1. The molecule has 0 saturated carbocycles. The molecule has 0 aliphatic rings. The normalized spacial score (nSPS) is 13.0. The first-order valence-corrected chi connectivity index (χ1v) is 5.30. The predicted molar refractivity (Wildman–Crippen MR) is 51.4 cm³/mol. The van der Waals surface area contributed by atoms with E-state index in [0.717, 1.165) is 18.2 Å². The molecule has 0 amide bonds. The van der Waals surface area contributed by atoms with Gasteiger partial charge < -0.3 is 14.9 Å². The van der Waals surface area contributed by atoms with Crippen molar-refractivity contribution < 1.29 is 19.7 Å². The summed E-state index contributed by atoms with van der Waals surface area (Å²) in [6, 6.07) is 0. The number of aliphatic hydroxyl groups excluding tert-OH is 1. The van der Waals surface area contributed by atoms with Crippen LogP contribution in [0.3, 0.4) is 0 Å². The Hall–Kier alpha value is -0.130. The maximum atomic E-state index is 11.0. The Balaban J connectivity index is 3.50. The van der Waals surface area contributed by atoms with Crippen molar-refractivity contribution in [1.82, 2.24) is 0 Å². The molecule has 0 spiro atoms. The van der Waals surface area contributed by atoms with Crippen LogP contribution in [0.4, 0.5) is 0 Å². The van der Waals surface area contributed by atoms with E-state index in [1.807, 2.05) is 0 Å². The molecule has 0 aromatic heterocycles. The molecule has 2 N–H and O–H groups in total. The van der Waals surface area contributed by atoms with Crippen LogP contribution in [0, 0.1) is 5.92 Å². The smallest absolute Gasteiger partial charge is 0.313 e. The van der Waals surface area contributed by atoms with Crippen molar-refractivity contribution >= 4 is 21.9 Å². The van der Waals surface area contributed by atoms with Crippen LogP contribution < -0.4 is 0 Å². The van der Waals surface area contributed by atoms with E-state index in [0.29, 0.717) is 6.61 Å². The van der Waals surface area contributed by atoms with Crippen LogP contribution in [-0.2, 0) is 9.53 Å². The maximum Gasteiger partial charge on any atom is 0.313 e. The van der Waals surface area contributed by atoms with E-state index in [4.69, 9.17) is 14.9 Å². The van der Waals surface area contributed by atoms with Crippen LogP contribution in [0.15, 0.2) is 0 Å². The minimum absolute atomic E-state index is 0.335. The average Bonchev–Trinajstić information content (AvgIpc) is 2.10. The molecule has 0 heterocycles. The lowest BCUT2D eigenvalue weighted by Crippen LogP contribution is -2.27. The van der Waals surface area contributed by atoms with Crippen molar-refractivity contribution in [2.24, 2.45) is 5.92 Å². The second kappa shape index (κ2) is 7.29. The molecule has 0 aliphatic carbocycles. The second-order valence-electron chi connectivity index (χ2n) is 2.77. The highest BCUT2D eigenvalue weighted by molar-refractivity contribution is 9.09. The monoisotopic (exact) mass is 254 g/mol. The number of esters is 1. The van der Waals surface area contributed by atoms with Gasteiger partial charge in [-0.15, -0.1) is 0 Å². The number of rotatable bonds is 6. The molecule has 0 aliphatic heterocycles. The second-order valence-corrected chi connectivity index (χ2v) is 3.56. The molecule has 0 radical (unpaired) electrons. The van der Waals surface area contributed by atoms with Crippen molar-refractivity contribution in [3.8, 4) is 0 Å². The Bertz CT molecular complexity index is 149. The molecule has 0 bridgehead atoms. The van der Waals surface area contributed by atoms with Crippen LogP contribution in [-0.4, -0.2) is 34.4 Å². The number of aliphatic hydroxyl groups is 2. The number of unbranched alkanes of at least 4 members (excludes halogenated alkanes) is 1. The minimum atomic E-state index is -1.64. The summed E-state index contributed by atoms with van der Waals surface area (Å²) in [7, 11) is 0. The molecule has 5 heteroatoms. The molecule has 0 aromatic carbocycles. The summed E-state index contributed by atoms with van der Waals surface area (Å²) >= 11 is 3.25. The first-order valence-electron chi connectivity index (χ1n) is 4.18. The zero-order chi connectivity index (χ0) is 10.3. The van der Waals surface area contributed by atoms with Gasteiger partial charge in [0.05, 0.1) is 6.61 Å². The van der Waals surface area contributed by atoms with E-state index >= 15 is 0 Å². The van der Waals surface area contributed by atoms with E-state index in [2.05, 4.69) is 15.9 Å². The number of carbonyl (C=O) groups excluding carboxylic acids is 1. The molecule has 78 valence electrons. The van der Waals surface area contributed by atoms with Gasteiger partial charge in [0.25, 0.3) is 0 Å². The average molecular weight is 255 g/mol. The summed E-state index contributed by atoms with van der Waals surface area (Å²) in [5.74, 6) is -1.44. The number of hydrogen-bond acceptors (Lipinski definition) is 4. The first-order chi connectivity index (χ1) is 6.09. The summed E-state index contributed by atoms with van der Waals surface area (Å²) < 4.78 is 4.79. The highest BCUT2D eigenvalue weighted by Crippen LogP contribution is 2.04. The van der Waals surface area contributed by atoms with Gasteiger partial charge in [-0.2, -0.15) is 0 Å². The minimum Gasteiger partial charge on any atom is -0.465 e. The van der Waals surface area contributed by atoms with Crippen LogP contribution >= 0.6 is 15.9 Å². The van der Waals surface area contributed by atoms with Crippen molar-refractivity contribution in [1.29, 1.82) is 0 Å². The van der Waals surface area contributed by atoms with E-state index in [-0.39, 0.29) is 0 Å². The van der Waals surface area contributed by atoms with E-state index in [1.54, 1.807) is 0 Å².